The molecule has 1 aliphatic heterocycles. The highest BCUT2D eigenvalue weighted by Gasteiger charge is 2.33. The average Bonchev–Trinajstić information content (AvgIpc) is 2.92. The van der Waals surface area contributed by atoms with Crippen molar-refractivity contribution >= 4 is 17.1 Å². The second kappa shape index (κ2) is 4.34. The van der Waals surface area contributed by atoms with Crippen molar-refractivity contribution in [2.24, 2.45) is 5.92 Å². The van der Waals surface area contributed by atoms with Gasteiger partial charge >= 0.3 is 0 Å². The number of hydrogen-bond donors (Lipinski definition) is 2. The summed E-state index contributed by atoms with van der Waals surface area (Å²) in [5.74, 6) is 0.573. The Morgan fingerprint density at radius 3 is 3.11 bits per heavy atom. The van der Waals surface area contributed by atoms with Crippen LogP contribution in [0.4, 0.5) is 5.95 Å². The molecule has 1 unspecified atom stereocenters. The Bertz CT molecular complexity index is 662. The Hall–Kier alpha value is -1.89. The number of anilines is 1. The summed E-state index contributed by atoms with van der Waals surface area (Å²) in [6, 6.07) is 0. The number of nitrogens with zero attached hydrogens (tertiary/aromatic N) is 3. The van der Waals surface area contributed by atoms with Crippen LogP contribution in [0.25, 0.3) is 11.2 Å². The maximum absolute atomic E-state index is 11.7. The summed E-state index contributed by atoms with van der Waals surface area (Å²) < 4.78 is 7.78. The Morgan fingerprint density at radius 2 is 2.42 bits per heavy atom. The van der Waals surface area contributed by atoms with Crippen LogP contribution in [0, 0.1) is 5.92 Å². The van der Waals surface area contributed by atoms with E-state index >= 15 is 0 Å². The van der Waals surface area contributed by atoms with Crippen LogP contribution in [0.15, 0.2) is 11.1 Å². The van der Waals surface area contributed by atoms with Gasteiger partial charge in [0.05, 0.1) is 12.4 Å². The molecule has 1 fully saturated rings. The van der Waals surface area contributed by atoms with Crippen molar-refractivity contribution in [2.75, 3.05) is 5.73 Å². The Labute approximate surface area is 109 Å². The molecule has 0 amide bonds. The molecule has 1 aliphatic rings. The quantitative estimate of drug-likeness (QED) is 0.843. The van der Waals surface area contributed by atoms with Crippen molar-refractivity contribution in [1.29, 1.82) is 0 Å². The molecule has 2 aromatic rings. The lowest BCUT2D eigenvalue weighted by atomic mass is 10.0. The summed E-state index contributed by atoms with van der Waals surface area (Å²) in [5, 5.41) is 0. The van der Waals surface area contributed by atoms with Crippen LogP contribution in [0.1, 0.15) is 32.9 Å². The van der Waals surface area contributed by atoms with Crippen molar-refractivity contribution in [3.8, 4) is 0 Å². The summed E-state index contributed by atoms with van der Waals surface area (Å²) in [6.07, 6.45) is 3.57. The third kappa shape index (κ3) is 1.90. The van der Waals surface area contributed by atoms with Gasteiger partial charge in [-0.15, -0.1) is 0 Å². The summed E-state index contributed by atoms with van der Waals surface area (Å²) in [7, 11) is 0. The number of nitrogens with one attached hydrogen (secondary N) is 1. The number of imidazole rings is 1. The highest BCUT2D eigenvalue weighted by molar-refractivity contribution is 5.70. The zero-order valence-corrected chi connectivity index (χ0v) is 11.0. The first kappa shape index (κ1) is 12.2. The highest BCUT2D eigenvalue weighted by Crippen LogP contribution is 2.35. The molecule has 3 heterocycles. The van der Waals surface area contributed by atoms with Crippen LogP contribution in [-0.2, 0) is 4.74 Å². The minimum atomic E-state index is -0.320. The fourth-order valence-electron chi connectivity index (χ4n) is 2.69. The largest absolute Gasteiger partial charge is 0.369 e. The lowest BCUT2D eigenvalue weighted by molar-refractivity contribution is -0.00303. The number of fused-ring (bicyclic) bond motifs is 1. The zero-order valence-electron chi connectivity index (χ0n) is 11.0. The molecule has 0 saturated carbocycles. The average molecular weight is 263 g/mol. The van der Waals surface area contributed by atoms with Gasteiger partial charge in [-0.3, -0.25) is 14.3 Å². The van der Waals surface area contributed by atoms with Crippen LogP contribution in [0.2, 0.25) is 0 Å². The smallest absolute Gasteiger partial charge is 0.280 e. The first-order valence-corrected chi connectivity index (χ1v) is 6.48. The van der Waals surface area contributed by atoms with Gasteiger partial charge in [-0.1, -0.05) is 13.8 Å². The molecular weight excluding hydrogens is 246 g/mol. The topological polar surface area (TPSA) is 98.8 Å². The van der Waals surface area contributed by atoms with Crippen LogP contribution >= 0.6 is 0 Å². The van der Waals surface area contributed by atoms with E-state index in [4.69, 9.17) is 10.5 Å². The number of hydrogen-bond acceptors (Lipinski definition) is 5. The molecule has 1 saturated heterocycles. The van der Waals surface area contributed by atoms with Gasteiger partial charge in [0.1, 0.15) is 6.23 Å². The number of rotatable bonds is 2. The number of nitrogens with two attached hydrogens (primary N) is 1. The molecule has 19 heavy (non-hydrogen) atoms. The molecule has 102 valence electrons. The monoisotopic (exact) mass is 263 g/mol. The van der Waals surface area contributed by atoms with Gasteiger partial charge in [-0.25, -0.2) is 4.98 Å². The van der Waals surface area contributed by atoms with E-state index in [2.05, 4.69) is 28.8 Å². The molecule has 7 nitrogen and oxygen atoms in total. The molecule has 0 aromatic carbocycles. The summed E-state index contributed by atoms with van der Waals surface area (Å²) in [6.45, 7) is 4.28. The minimum Gasteiger partial charge on any atom is -0.369 e. The lowest BCUT2D eigenvalue weighted by Gasteiger charge is -2.14. The number of nitrogen functional groups attached to an aromatic ring is 1. The maximum Gasteiger partial charge on any atom is 0.280 e. The van der Waals surface area contributed by atoms with Crippen molar-refractivity contribution in [3.05, 3.63) is 16.7 Å². The van der Waals surface area contributed by atoms with Crippen molar-refractivity contribution in [3.63, 3.8) is 0 Å². The first-order valence-electron chi connectivity index (χ1n) is 6.48. The third-order valence-electron chi connectivity index (χ3n) is 3.70. The Morgan fingerprint density at radius 1 is 1.63 bits per heavy atom. The Kier molecular flexibility index (Phi) is 2.78. The highest BCUT2D eigenvalue weighted by atomic mass is 16.5. The second-order valence-corrected chi connectivity index (χ2v) is 5.03. The van der Waals surface area contributed by atoms with Gasteiger partial charge in [0.25, 0.3) is 5.56 Å². The lowest BCUT2D eigenvalue weighted by Crippen LogP contribution is -2.15. The predicted molar refractivity (Wildman–Crippen MR) is 70.5 cm³/mol. The van der Waals surface area contributed by atoms with E-state index in [1.54, 1.807) is 10.9 Å². The van der Waals surface area contributed by atoms with E-state index < -0.39 is 0 Å². The van der Waals surface area contributed by atoms with Gasteiger partial charge in [0.2, 0.25) is 5.95 Å². The van der Waals surface area contributed by atoms with Gasteiger partial charge in [-0.2, -0.15) is 4.98 Å². The number of aromatic amines is 1. The van der Waals surface area contributed by atoms with Gasteiger partial charge in [0.15, 0.2) is 11.2 Å². The molecule has 2 aromatic heterocycles. The normalized spacial score (nSPS) is 27.2. The molecule has 3 atom stereocenters. The van der Waals surface area contributed by atoms with Crippen molar-refractivity contribution in [2.45, 2.75) is 39.0 Å². The first-order chi connectivity index (χ1) is 9.10. The minimum absolute atomic E-state index is 0.0948. The fraction of sp³-hybridized carbons (Fsp3) is 0.583. The van der Waals surface area contributed by atoms with E-state index in [1.807, 2.05) is 0 Å². The van der Waals surface area contributed by atoms with E-state index in [0.29, 0.717) is 17.1 Å². The molecule has 3 rings (SSSR count). The molecule has 0 aliphatic carbocycles. The standard InChI is InChI=1S/C12H17N5O2/c1-3-7-6(2)4-8(19-7)17-5-14-9-10(17)15-12(13)16-11(9)18/h5-8H,3-4H2,1-2H3,(H3,13,15,16,18)/t6?,7-,8-/m1/s1. The third-order valence-corrected chi connectivity index (χ3v) is 3.70. The molecule has 7 heteroatoms. The molecule has 0 bridgehead atoms. The zero-order chi connectivity index (χ0) is 13.6. The van der Waals surface area contributed by atoms with Crippen molar-refractivity contribution < 1.29 is 4.74 Å². The van der Waals surface area contributed by atoms with E-state index in [9.17, 15) is 4.79 Å². The maximum atomic E-state index is 11.7. The van der Waals surface area contributed by atoms with E-state index in [1.165, 1.54) is 0 Å². The van der Waals surface area contributed by atoms with Gasteiger partial charge < -0.3 is 10.5 Å². The Balaban J connectivity index is 2.05. The summed E-state index contributed by atoms with van der Waals surface area (Å²) >= 11 is 0. The summed E-state index contributed by atoms with van der Waals surface area (Å²) in [4.78, 5) is 22.4. The van der Waals surface area contributed by atoms with Gasteiger partial charge in [0, 0.05) is 0 Å². The fourth-order valence-corrected chi connectivity index (χ4v) is 2.69. The summed E-state index contributed by atoms with van der Waals surface area (Å²) in [5.41, 5.74) is 6.04. The van der Waals surface area contributed by atoms with Crippen molar-refractivity contribution in [1.82, 2.24) is 19.5 Å². The van der Waals surface area contributed by atoms with Gasteiger partial charge in [-0.05, 0) is 18.8 Å². The number of aromatic nitrogens is 4. The SMILES string of the molecule is CC[C@H]1O[C@@H](n2cnc3c(=O)[nH]c(N)nc32)CC1C. The van der Waals surface area contributed by atoms with E-state index in [-0.39, 0.29) is 23.8 Å². The number of H-pyrrole nitrogens is 1. The van der Waals surface area contributed by atoms with E-state index in [0.717, 1.165) is 12.8 Å². The van der Waals surface area contributed by atoms with Crippen LogP contribution in [-0.4, -0.2) is 25.6 Å². The molecular formula is C12H17N5O2. The molecule has 3 N–H and O–H groups in total. The number of ether oxygens (including phenoxy) is 1. The molecule has 0 radical (unpaired) electrons. The van der Waals surface area contributed by atoms with Crippen LogP contribution in [0.5, 0.6) is 0 Å². The van der Waals surface area contributed by atoms with Crippen LogP contribution in [0.3, 0.4) is 0 Å². The second-order valence-electron chi connectivity index (χ2n) is 5.03. The van der Waals surface area contributed by atoms with Crippen LogP contribution < -0.4 is 11.3 Å². The predicted octanol–water partition coefficient (Wildman–Crippen LogP) is 1.04. The molecule has 0 spiro atoms.